The molecule has 0 radical (unpaired) electrons. The summed E-state index contributed by atoms with van der Waals surface area (Å²) in [5, 5.41) is 9.24. The van der Waals surface area contributed by atoms with Crippen molar-refractivity contribution in [2.75, 3.05) is 7.11 Å². The minimum Gasteiger partial charge on any atom is -0.380 e. The van der Waals surface area contributed by atoms with Crippen molar-refractivity contribution in [3.05, 3.63) is 106 Å². The minimum atomic E-state index is -0.0739. The van der Waals surface area contributed by atoms with Crippen molar-refractivity contribution in [1.29, 1.82) is 0 Å². The monoisotopic (exact) mass is 584 g/mol. The Labute approximate surface area is 252 Å². The van der Waals surface area contributed by atoms with Crippen LogP contribution in [0.15, 0.2) is 75.8 Å². The van der Waals surface area contributed by atoms with Gasteiger partial charge in [-0.3, -0.25) is 0 Å². The van der Waals surface area contributed by atoms with Gasteiger partial charge in [-0.05, 0) is 70.3 Å². The molecule has 2 aromatic heterocycles. The van der Waals surface area contributed by atoms with Crippen LogP contribution in [0.5, 0.6) is 0 Å². The first kappa shape index (κ1) is 29.7. The summed E-state index contributed by atoms with van der Waals surface area (Å²) in [5.41, 5.74) is 6.28. The van der Waals surface area contributed by atoms with Gasteiger partial charge < -0.3 is 13.8 Å². The van der Waals surface area contributed by atoms with Gasteiger partial charge in [0.05, 0.1) is 6.61 Å². The van der Waals surface area contributed by atoms with Crippen LogP contribution in [-0.4, -0.2) is 27.4 Å². The van der Waals surface area contributed by atoms with E-state index in [0.29, 0.717) is 47.4 Å². The normalized spacial score (nSPS) is 13.2. The van der Waals surface area contributed by atoms with Crippen LogP contribution in [0.3, 0.4) is 0 Å². The fraction of sp³-hybridized carbons (Fsp3) is 0.353. The summed E-state index contributed by atoms with van der Waals surface area (Å²) in [4.78, 5) is 9.51. The first-order valence-electron chi connectivity index (χ1n) is 14.4. The van der Waals surface area contributed by atoms with Crippen LogP contribution in [0.2, 0.25) is 5.02 Å². The third kappa shape index (κ3) is 6.63. The zero-order valence-corrected chi connectivity index (χ0v) is 25.7. The Morgan fingerprint density at radius 1 is 0.762 bits per heavy atom. The van der Waals surface area contributed by atoms with Crippen LogP contribution in [0.1, 0.15) is 92.2 Å². The molecule has 3 aromatic carbocycles. The maximum absolute atomic E-state index is 6.60. The highest BCUT2D eigenvalue weighted by molar-refractivity contribution is 6.30. The molecule has 42 heavy (non-hydrogen) atoms. The zero-order chi connectivity index (χ0) is 29.8. The van der Waals surface area contributed by atoms with E-state index in [2.05, 4.69) is 67.5 Å². The number of benzene rings is 3. The van der Waals surface area contributed by atoms with Crippen molar-refractivity contribution in [3.63, 3.8) is 0 Å². The molecule has 0 aliphatic carbocycles. The molecule has 218 valence electrons. The Morgan fingerprint density at radius 3 is 2.10 bits per heavy atom. The molecule has 7 nitrogen and oxygen atoms in total. The molecule has 2 unspecified atom stereocenters. The summed E-state index contributed by atoms with van der Waals surface area (Å²) < 4.78 is 16.8. The summed E-state index contributed by atoms with van der Waals surface area (Å²) in [6, 6.07) is 22.6. The average molecular weight is 585 g/mol. The highest BCUT2D eigenvalue weighted by Gasteiger charge is 2.28. The summed E-state index contributed by atoms with van der Waals surface area (Å²) in [6.07, 6.45) is 0.521. The first-order valence-corrected chi connectivity index (χ1v) is 14.7. The largest absolute Gasteiger partial charge is 0.380 e. The van der Waals surface area contributed by atoms with E-state index in [-0.39, 0.29) is 17.8 Å². The van der Waals surface area contributed by atoms with Crippen molar-refractivity contribution in [1.82, 2.24) is 20.3 Å². The zero-order valence-electron chi connectivity index (χ0n) is 25.0. The Kier molecular flexibility index (Phi) is 9.19. The SMILES string of the molecule is COCc1ccc(C(C)C(Cc2noc(-c3ccc(C(C)C)cc3)n2)c2cc(Cl)ccc2-c2nc(C(C)C)no2)cc1. The number of aromatic nitrogens is 4. The van der Waals surface area contributed by atoms with Gasteiger partial charge in [0.25, 0.3) is 11.8 Å². The molecular weight excluding hydrogens is 548 g/mol. The molecule has 0 aliphatic heterocycles. The lowest BCUT2D eigenvalue weighted by Crippen LogP contribution is -2.14. The summed E-state index contributed by atoms with van der Waals surface area (Å²) in [7, 11) is 1.70. The van der Waals surface area contributed by atoms with Crippen LogP contribution in [0.25, 0.3) is 22.9 Å². The van der Waals surface area contributed by atoms with Crippen LogP contribution < -0.4 is 0 Å². The number of nitrogens with zero attached hydrogens (tertiary/aromatic N) is 4. The second-order valence-corrected chi connectivity index (χ2v) is 11.8. The van der Waals surface area contributed by atoms with E-state index in [9.17, 15) is 0 Å². The summed E-state index contributed by atoms with van der Waals surface area (Å²) >= 11 is 6.60. The van der Waals surface area contributed by atoms with Gasteiger partial charge in [-0.2, -0.15) is 9.97 Å². The molecule has 0 fully saturated rings. The number of methoxy groups -OCH3 is 1. The van der Waals surface area contributed by atoms with E-state index >= 15 is 0 Å². The molecule has 2 heterocycles. The van der Waals surface area contributed by atoms with Gasteiger partial charge in [0.15, 0.2) is 11.6 Å². The number of ether oxygens (including phenoxy) is 1. The van der Waals surface area contributed by atoms with E-state index < -0.39 is 0 Å². The predicted octanol–water partition coefficient (Wildman–Crippen LogP) is 8.96. The predicted molar refractivity (Wildman–Crippen MR) is 165 cm³/mol. The maximum atomic E-state index is 6.60. The van der Waals surface area contributed by atoms with Crippen LogP contribution >= 0.6 is 11.6 Å². The summed E-state index contributed by atoms with van der Waals surface area (Å²) in [5.74, 6) is 2.84. The first-order chi connectivity index (χ1) is 20.2. The Hall–Kier alpha value is -3.81. The number of rotatable bonds is 11. The smallest absolute Gasteiger partial charge is 0.258 e. The molecule has 0 aliphatic rings. The van der Waals surface area contributed by atoms with Gasteiger partial charge in [0.2, 0.25) is 0 Å². The van der Waals surface area contributed by atoms with Gasteiger partial charge in [0, 0.05) is 35.6 Å². The Morgan fingerprint density at radius 2 is 1.45 bits per heavy atom. The molecule has 0 bridgehead atoms. The van der Waals surface area contributed by atoms with E-state index in [0.717, 1.165) is 22.3 Å². The average Bonchev–Trinajstić information content (AvgIpc) is 3.67. The second-order valence-electron chi connectivity index (χ2n) is 11.4. The van der Waals surface area contributed by atoms with Crippen molar-refractivity contribution in [3.8, 4) is 22.9 Å². The van der Waals surface area contributed by atoms with Gasteiger partial charge in [0.1, 0.15) is 0 Å². The standard InChI is InChI=1S/C34H37ClN4O3/c1-20(2)24-11-13-26(14-12-24)33-36-31(38-41-33)18-29(22(5)25-9-7-23(8-10-25)19-40-6)30-17-27(35)15-16-28(30)34-37-32(21(3)4)39-42-34/h7-17,20-22,29H,18-19H2,1-6H3. The van der Waals surface area contributed by atoms with Crippen molar-refractivity contribution >= 4 is 11.6 Å². The van der Waals surface area contributed by atoms with Crippen LogP contribution in [0.4, 0.5) is 0 Å². The summed E-state index contributed by atoms with van der Waals surface area (Å²) in [6.45, 7) is 11.2. The molecule has 0 amide bonds. The number of halogens is 1. The van der Waals surface area contributed by atoms with Gasteiger partial charge >= 0.3 is 0 Å². The molecule has 5 rings (SSSR count). The molecule has 0 saturated heterocycles. The van der Waals surface area contributed by atoms with Crippen LogP contribution in [0, 0.1) is 0 Å². The van der Waals surface area contributed by atoms with Crippen LogP contribution in [-0.2, 0) is 17.8 Å². The minimum absolute atomic E-state index is 0.0681. The lowest BCUT2D eigenvalue weighted by Gasteiger charge is -2.26. The highest BCUT2D eigenvalue weighted by atomic mass is 35.5. The van der Waals surface area contributed by atoms with E-state index in [1.807, 2.05) is 44.2 Å². The van der Waals surface area contributed by atoms with Gasteiger partial charge in [-0.25, -0.2) is 0 Å². The van der Waals surface area contributed by atoms with Crippen molar-refractivity contribution in [2.24, 2.45) is 0 Å². The fourth-order valence-electron chi connectivity index (χ4n) is 5.15. The van der Waals surface area contributed by atoms with E-state index in [1.54, 1.807) is 7.11 Å². The quantitative estimate of drug-likeness (QED) is 0.153. The third-order valence-corrected chi connectivity index (χ3v) is 7.95. The molecule has 0 spiro atoms. The molecule has 0 saturated carbocycles. The molecule has 2 atom stereocenters. The molecule has 0 N–H and O–H groups in total. The second kappa shape index (κ2) is 13.0. The van der Waals surface area contributed by atoms with Crippen molar-refractivity contribution < 1.29 is 13.8 Å². The van der Waals surface area contributed by atoms with Crippen molar-refractivity contribution in [2.45, 2.75) is 71.3 Å². The third-order valence-electron chi connectivity index (χ3n) is 7.72. The molecule has 5 aromatic rings. The van der Waals surface area contributed by atoms with Gasteiger partial charge in [-0.1, -0.05) is 92.9 Å². The number of hydrogen-bond donors (Lipinski definition) is 0. The lowest BCUT2D eigenvalue weighted by atomic mass is 9.78. The lowest BCUT2D eigenvalue weighted by molar-refractivity contribution is 0.185. The topological polar surface area (TPSA) is 87.1 Å². The molecule has 8 heteroatoms. The fourth-order valence-corrected chi connectivity index (χ4v) is 5.33. The highest BCUT2D eigenvalue weighted by Crippen LogP contribution is 2.41. The Bertz CT molecular complexity index is 1610. The van der Waals surface area contributed by atoms with E-state index in [1.165, 1.54) is 11.1 Å². The Balaban J connectivity index is 1.54. The van der Waals surface area contributed by atoms with Gasteiger partial charge in [-0.15, -0.1) is 0 Å². The number of hydrogen-bond acceptors (Lipinski definition) is 7. The van der Waals surface area contributed by atoms with E-state index in [4.69, 9.17) is 35.4 Å². The molecular formula is C34H37ClN4O3. The maximum Gasteiger partial charge on any atom is 0.258 e.